The van der Waals surface area contributed by atoms with Gasteiger partial charge in [0, 0.05) is 28.7 Å². The van der Waals surface area contributed by atoms with Crippen LogP contribution in [0, 0.1) is 6.92 Å². The van der Waals surface area contributed by atoms with Crippen molar-refractivity contribution in [1.82, 2.24) is 10.3 Å². The van der Waals surface area contributed by atoms with E-state index in [4.69, 9.17) is 0 Å². The quantitative estimate of drug-likeness (QED) is 0.560. The van der Waals surface area contributed by atoms with Gasteiger partial charge in [-0.2, -0.15) is 13.2 Å². The fourth-order valence-electron chi connectivity index (χ4n) is 4.17. The van der Waals surface area contributed by atoms with E-state index in [2.05, 4.69) is 15.6 Å². The average molecular weight is 427 g/mol. The number of nitrogens with zero attached hydrogens (tertiary/aromatic N) is 1. The van der Waals surface area contributed by atoms with Gasteiger partial charge in [0.2, 0.25) is 0 Å². The van der Waals surface area contributed by atoms with E-state index in [0.29, 0.717) is 28.6 Å². The molecule has 4 nitrogen and oxygen atoms in total. The number of nitrogens with one attached hydrogen (secondary N) is 2. The molecule has 0 radical (unpaired) electrons. The Bertz CT molecular complexity index is 1100. The summed E-state index contributed by atoms with van der Waals surface area (Å²) in [5.41, 5.74) is 1.45. The summed E-state index contributed by atoms with van der Waals surface area (Å²) in [6.07, 6.45) is -1.31. The lowest BCUT2D eigenvalue weighted by Gasteiger charge is -2.31. The van der Waals surface area contributed by atoms with Gasteiger partial charge in [-0.25, -0.2) is 4.98 Å². The van der Waals surface area contributed by atoms with Crippen molar-refractivity contribution in [2.45, 2.75) is 50.9 Å². The lowest BCUT2D eigenvalue weighted by atomic mass is 9.90. The fourth-order valence-corrected chi connectivity index (χ4v) is 4.17. The molecule has 1 fully saturated rings. The van der Waals surface area contributed by atoms with Crippen LogP contribution in [0.1, 0.15) is 47.3 Å². The van der Waals surface area contributed by atoms with Crippen molar-refractivity contribution < 1.29 is 18.0 Å². The number of amides is 1. The molecule has 1 saturated carbocycles. The monoisotopic (exact) mass is 427 g/mol. The molecule has 1 amide bonds. The first-order valence-corrected chi connectivity index (χ1v) is 10.4. The van der Waals surface area contributed by atoms with Crippen LogP contribution in [-0.2, 0) is 6.18 Å². The van der Waals surface area contributed by atoms with E-state index in [1.165, 1.54) is 0 Å². The Labute approximate surface area is 178 Å². The van der Waals surface area contributed by atoms with Gasteiger partial charge in [0.05, 0.1) is 5.52 Å². The number of para-hydroxylation sites is 1. The lowest BCUT2D eigenvalue weighted by molar-refractivity contribution is -0.140. The van der Waals surface area contributed by atoms with Crippen molar-refractivity contribution in [2.75, 3.05) is 5.32 Å². The van der Waals surface area contributed by atoms with Gasteiger partial charge in [0.1, 0.15) is 5.69 Å². The van der Waals surface area contributed by atoms with Crippen LogP contribution in [0.5, 0.6) is 0 Å². The number of hydrogen-bond donors (Lipinski definition) is 2. The summed E-state index contributed by atoms with van der Waals surface area (Å²) < 4.78 is 40.0. The van der Waals surface area contributed by atoms with Crippen LogP contribution in [0.2, 0.25) is 0 Å². The predicted octanol–water partition coefficient (Wildman–Crippen LogP) is 5.72. The maximum atomic E-state index is 13.3. The van der Waals surface area contributed by atoms with Crippen LogP contribution < -0.4 is 10.6 Å². The van der Waals surface area contributed by atoms with E-state index in [9.17, 15) is 18.0 Å². The number of aromatic nitrogens is 1. The first-order valence-electron chi connectivity index (χ1n) is 10.4. The van der Waals surface area contributed by atoms with E-state index >= 15 is 0 Å². The average Bonchev–Trinajstić information content (AvgIpc) is 2.73. The molecule has 31 heavy (non-hydrogen) atoms. The highest BCUT2D eigenvalue weighted by molar-refractivity contribution is 5.94. The van der Waals surface area contributed by atoms with Crippen molar-refractivity contribution >= 4 is 22.5 Å². The molecule has 1 aliphatic rings. The zero-order valence-electron chi connectivity index (χ0n) is 17.2. The van der Waals surface area contributed by atoms with Gasteiger partial charge in [-0.3, -0.25) is 4.79 Å². The number of halogens is 3. The largest absolute Gasteiger partial charge is 0.433 e. The van der Waals surface area contributed by atoms with E-state index < -0.39 is 11.9 Å². The van der Waals surface area contributed by atoms with Crippen molar-refractivity contribution in [2.24, 2.45) is 0 Å². The van der Waals surface area contributed by atoms with Gasteiger partial charge in [-0.05, 0) is 56.9 Å². The smallest absolute Gasteiger partial charge is 0.382 e. The predicted molar refractivity (Wildman–Crippen MR) is 115 cm³/mol. The van der Waals surface area contributed by atoms with E-state index in [1.807, 2.05) is 25.1 Å². The molecule has 162 valence electrons. The Hall–Kier alpha value is -3.09. The third-order valence-electron chi connectivity index (χ3n) is 5.66. The molecule has 7 heteroatoms. The van der Waals surface area contributed by atoms with Crippen molar-refractivity contribution in [3.05, 3.63) is 71.4 Å². The highest BCUT2D eigenvalue weighted by Gasteiger charge is 2.34. The van der Waals surface area contributed by atoms with Gasteiger partial charge in [-0.1, -0.05) is 35.9 Å². The summed E-state index contributed by atoms with van der Waals surface area (Å²) >= 11 is 0. The highest BCUT2D eigenvalue weighted by Crippen LogP contribution is 2.34. The fraction of sp³-hybridized carbons (Fsp3) is 0.333. The molecule has 0 aliphatic heterocycles. The zero-order valence-corrected chi connectivity index (χ0v) is 17.2. The first-order chi connectivity index (χ1) is 14.8. The summed E-state index contributed by atoms with van der Waals surface area (Å²) in [7, 11) is 0. The highest BCUT2D eigenvalue weighted by atomic mass is 19.4. The maximum absolute atomic E-state index is 13.3. The van der Waals surface area contributed by atoms with Crippen LogP contribution in [-0.4, -0.2) is 23.0 Å². The molecule has 2 N–H and O–H groups in total. The number of rotatable bonds is 4. The van der Waals surface area contributed by atoms with E-state index in [1.54, 1.807) is 30.3 Å². The zero-order chi connectivity index (χ0) is 22.0. The molecule has 4 rings (SSSR count). The SMILES string of the molecule is Cc1cccc(C(=O)N[C@@H]2CCC[C@H](Nc3cc(C(F)(F)F)nc4ccccc34)C2)c1. The molecule has 2 atom stereocenters. The topological polar surface area (TPSA) is 54.0 Å². The molecule has 1 aromatic heterocycles. The molecule has 0 unspecified atom stereocenters. The van der Waals surface area contributed by atoms with Gasteiger partial charge in [-0.15, -0.1) is 0 Å². The minimum atomic E-state index is -4.52. The summed E-state index contributed by atoms with van der Waals surface area (Å²) in [4.78, 5) is 16.4. The summed E-state index contributed by atoms with van der Waals surface area (Å²) in [6.45, 7) is 1.94. The Morgan fingerprint density at radius 2 is 1.81 bits per heavy atom. The molecule has 1 heterocycles. The summed E-state index contributed by atoms with van der Waals surface area (Å²) in [6, 6.07) is 15.2. The van der Waals surface area contributed by atoms with Crippen molar-refractivity contribution in [1.29, 1.82) is 0 Å². The molecule has 2 aromatic carbocycles. The second-order valence-corrected chi connectivity index (χ2v) is 8.12. The Balaban J connectivity index is 1.51. The number of alkyl halides is 3. The van der Waals surface area contributed by atoms with Crippen LogP contribution in [0.4, 0.5) is 18.9 Å². The Morgan fingerprint density at radius 3 is 2.58 bits per heavy atom. The normalized spacial score (nSPS) is 19.2. The number of benzene rings is 2. The third kappa shape index (κ3) is 4.98. The van der Waals surface area contributed by atoms with Gasteiger partial charge in [0.15, 0.2) is 0 Å². The van der Waals surface area contributed by atoms with Gasteiger partial charge in [0.25, 0.3) is 5.91 Å². The molecular formula is C24H24F3N3O. The van der Waals surface area contributed by atoms with Crippen LogP contribution >= 0.6 is 0 Å². The Kier molecular flexibility index (Phi) is 5.85. The maximum Gasteiger partial charge on any atom is 0.433 e. The number of fused-ring (bicyclic) bond motifs is 1. The second kappa shape index (κ2) is 8.57. The van der Waals surface area contributed by atoms with Crippen molar-refractivity contribution in [3.8, 4) is 0 Å². The number of carbonyl (C=O) groups excluding carboxylic acids is 1. The van der Waals surface area contributed by atoms with Crippen molar-refractivity contribution in [3.63, 3.8) is 0 Å². The Morgan fingerprint density at radius 1 is 1.03 bits per heavy atom. The van der Waals surface area contributed by atoms with E-state index in [0.717, 1.165) is 30.9 Å². The molecule has 3 aromatic rings. The lowest BCUT2D eigenvalue weighted by Crippen LogP contribution is -2.41. The third-order valence-corrected chi connectivity index (χ3v) is 5.66. The van der Waals surface area contributed by atoms with Gasteiger partial charge < -0.3 is 10.6 Å². The van der Waals surface area contributed by atoms with Crippen LogP contribution in [0.25, 0.3) is 10.9 Å². The minimum absolute atomic E-state index is 0.0329. The molecule has 0 bridgehead atoms. The molecule has 0 saturated heterocycles. The molecular weight excluding hydrogens is 403 g/mol. The number of anilines is 1. The first kappa shape index (κ1) is 21.2. The van der Waals surface area contributed by atoms with Gasteiger partial charge >= 0.3 is 6.18 Å². The second-order valence-electron chi connectivity index (χ2n) is 8.12. The number of carbonyl (C=O) groups is 1. The number of pyridine rings is 1. The molecule has 0 spiro atoms. The summed E-state index contributed by atoms with van der Waals surface area (Å²) in [5, 5.41) is 7.03. The molecule has 1 aliphatic carbocycles. The number of aryl methyl sites for hydroxylation is 1. The number of hydrogen-bond acceptors (Lipinski definition) is 3. The summed E-state index contributed by atoms with van der Waals surface area (Å²) in [5.74, 6) is -0.122. The van der Waals surface area contributed by atoms with E-state index in [-0.39, 0.29) is 18.0 Å². The minimum Gasteiger partial charge on any atom is -0.382 e. The van der Waals surface area contributed by atoms with Crippen LogP contribution in [0.15, 0.2) is 54.6 Å². The van der Waals surface area contributed by atoms with Crippen LogP contribution in [0.3, 0.4) is 0 Å². The standard InChI is InChI=1S/C24H24F3N3O/c1-15-6-4-7-16(12-15)23(31)29-18-9-5-8-17(13-18)28-21-14-22(24(25,26)27)30-20-11-3-2-10-19(20)21/h2-4,6-7,10-12,14,17-18H,5,8-9,13H2,1H3,(H,28,30)(H,29,31)/t17-,18+/m0/s1.